The zero-order chi connectivity index (χ0) is 21.8. The van der Waals surface area contributed by atoms with Gasteiger partial charge in [-0.15, -0.1) is 11.3 Å². The van der Waals surface area contributed by atoms with E-state index in [0.717, 1.165) is 40.6 Å². The Balaban J connectivity index is 1.49. The maximum atomic E-state index is 13.3. The van der Waals surface area contributed by atoms with Crippen molar-refractivity contribution < 1.29 is 18.0 Å². The molecule has 31 heavy (non-hydrogen) atoms. The molecule has 1 fully saturated rings. The van der Waals surface area contributed by atoms with Gasteiger partial charge >= 0.3 is 0 Å². The topological polar surface area (TPSA) is 86.8 Å². The van der Waals surface area contributed by atoms with Crippen molar-refractivity contribution in [2.24, 2.45) is 0 Å². The van der Waals surface area contributed by atoms with Crippen LogP contribution < -0.4 is 10.2 Å². The monoisotopic (exact) mass is 455 g/mol. The van der Waals surface area contributed by atoms with Crippen molar-refractivity contribution in [1.29, 1.82) is 0 Å². The number of rotatable bonds is 4. The molecular formula is C22H21N3O4S2. The molecule has 0 spiro atoms. The van der Waals surface area contributed by atoms with E-state index in [9.17, 15) is 18.0 Å². The first-order chi connectivity index (χ1) is 14.9. The molecule has 0 radical (unpaired) electrons. The van der Waals surface area contributed by atoms with E-state index in [1.807, 2.05) is 12.1 Å². The van der Waals surface area contributed by atoms with Gasteiger partial charge in [0.15, 0.2) is 0 Å². The summed E-state index contributed by atoms with van der Waals surface area (Å²) in [6.45, 7) is 0.321. The maximum absolute atomic E-state index is 13.3. The summed E-state index contributed by atoms with van der Waals surface area (Å²) in [7, 11) is -2.00. The Morgan fingerprint density at radius 3 is 2.74 bits per heavy atom. The molecule has 2 amide bonds. The number of benzene rings is 2. The van der Waals surface area contributed by atoms with Crippen molar-refractivity contribution in [2.75, 3.05) is 23.8 Å². The van der Waals surface area contributed by atoms with Gasteiger partial charge in [0, 0.05) is 35.6 Å². The summed E-state index contributed by atoms with van der Waals surface area (Å²) >= 11 is 1.16. The zero-order valence-electron chi connectivity index (χ0n) is 16.9. The number of nitrogens with one attached hydrogen (secondary N) is 1. The molecule has 160 valence electrons. The minimum Gasteiger partial charge on any atom is -0.324 e. The van der Waals surface area contributed by atoms with E-state index < -0.39 is 16.1 Å². The number of carbonyl (C=O) groups excluding carboxylic acids is 2. The molecule has 2 aromatic carbocycles. The first kappa shape index (κ1) is 20.2. The fourth-order valence-corrected chi connectivity index (χ4v) is 7.22. The molecule has 3 heterocycles. The minimum absolute atomic E-state index is 0.0791. The average molecular weight is 456 g/mol. The van der Waals surface area contributed by atoms with Crippen LogP contribution >= 0.6 is 11.3 Å². The van der Waals surface area contributed by atoms with E-state index in [4.69, 9.17) is 0 Å². The van der Waals surface area contributed by atoms with Crippen molar-refractivity contribution in [1.82, 2.24) is 4.31 Å². The highest BCUT2D eigenvalue weighted by Gasteiger charge is 2.38. The van der Waals surface area contributed by atoms with Gasteiger partial charge in [-0.25, -0.2) is 8.42 Å². The fraction of sp³-hybridized carbons (Fsp3) is 0.273. The quantitative estimate of drug-likeness (QED) is 0.650. The molecule has 1 atom stereocenters. The van der Waals surface area contributed by atoms with Gasteiger partial charge in [-0.05, 0) is 42.5 Å². The van der Waals surface area contributed by atoms with Crippen LogP contribution in [0, 0.1) is 0 Å². The molecule has 1 N–H and O–H groups in total. The molecular weight excluding hydrogens is 434 g/mol. The molecule has 0 aliphatic carbocycles. The standard InChI is InChI=1S/C22H21N3O4S2/c1-24-17-11-10-16(14-6-4-7-15(20(14)17)22(24)27)23-21(26)18-8-2-3-12-25(18)31(28,29)19-9-5-13-30-19/h4-7,9-11,13,18H,2-3,8,12H2,1H3,(H,23,26). The van der Waals surface area contributed by atoms with Crippen LogP contribution in [0.5, 0.6) is 0 Å². The van der Waals surface area contributed by atoms with E-state index >= 15 is 0 Å². The molecule has 9 heteroatoms. The second-order valence-corrected chi connectivity index (χ2v) is 10.8. The summed E-state index contributed by atoms with van der Waals surface area (Å²) in [5.74, 6) is -0.428. The van der Waals surface area contributed by atoms with Crippen molar-refractivity contribution >= 4 is 55.3 Å². The summed E-state index contributed by atoms with van der Waals surface area (Å²) in [4.78, 5) is 27.3. The lowest BCUT2D eigenvalue weighted by atomic mass is 10.0. The molecule has 1 saturated heterocycles. The molecule has 2 aliphatic rings. The minimum atomic E-state index is -3.73. The molecule has 7 nitrogen and oxygen atoms in total. The normalized spacial score (nSPS) is 19.2. The number of amides is 2. The number of hydrogen-bond acceptors (Lipinski definition) is 5. The van der Waals surface area contributed by atoms with Gasteiger partial charge in [-0.2, -0.15) is 4.31 Å². The summed E-state index contributed by atoms with van der Waals surface area (Å²) < 4.78 is 27.8. The van der Waals surface area contributed by atoms with Gasteiger partial charge in [0.1, 0.15) is 10.3 Å². The first-order valence-corrected chi connectivity index (χ1v) is 12.4. The number of anilines is 2. The van der Waals surface area contributed by atoms with Crippen molar-refractivity contribution in [2.45, 2.75) is 29.5 Å². The smallest absolute Gasteiger partial charge is 0.258 e. The first-order valence-electron chi connectivity index (χ1n) is 10.1. The van der Waals surface area contributed by atoms with Gasteiger partial charge in [0.25, 0.3) is 15.9 Å². The third-order valence-corrected chi connectivity index (χ3v) is 9.27. The maximum Gasteiger partial charge on any atom is 0.258 e. The Hall–Kier alpha value is -2.75. The van der Waals surface area contributed by atoms with Crippen molar-refractivity contribution in [3.05, 3.63) is 53.4 Å². The third-order valence-electron chi connectivity index (χ3n) is 5.99. The van der Waals surface area contributed by atoms with E-state index in [1.165, 1.54) is 4.31 Å². The van der Waals surface area contributed by atoms with Gasteiger partial charge in [-0.1, -0.05) is 24.6 Å². The summed E-state index contributed by atoms with van der Waals surface area (Å²) in [6, 6.07) is 11.5. The Morgan fingerprint density at radius 2 is 1.97 bits per heavy atom. The SMILES string of the molecule is CN1C(=O)c2cccc3c(NC(=O)C4CCCCN4S(=O)(=O)c4cccs4)ccc1c23. The van der Waals surface area contributed by atoms with E-state index in [0.29, 0.717) is 24.2 Å². The largest absolute Gasteiger partial charge is 0.324 e. The van der Waals surface area contributed by atoms with Crippen molar-refractivity contribution in [3.8, 4) is 0 Å². The number of carbonyl (C=O) groups is 2. The predicted octanol–water partition coefficient (Wildman–Crippen LogP) is 3.67. The number of piperidine rings is 1. The van der Waals surface area contributed by atoms with Crippen LogP contribution in [-0.2, 0) is 14.8 Å². The second-order valence-electron chi connectivity index (χ2n) is 7.77. The summed E-state index contributed by atoms with van der Waals surface area (Å²) in [6.07, 6.45) is 1.99. The highest BCUT2D eigenvalue weighted by molar-refractivity contribution is 7.91. The number of thiophene rings is 1. The Kier molecular flexibility index (Phi) is 4.84. The van der Waals surface area contributed by atoms with Gasteiger partial charge in [0.05, 0.1) is 5.69 Å². The predicted molar refractivity (Wildman–Crippen MR) is 121 cm³/mol. The average Bonchev–Trinajstić information content (AvgIpc) is 3.41. The molecule has 5 rings (SSSR count). The summed E-state index contributed by atoms with van der Waals surface area (Å²) in [5.41, 5.74) is 1.98. The third kappa shape index (κ3) is 3.15. The van der Waals surface area contributed by atoms with E-state index in [2.05, 4.69) is 5.32 Å². The molecule has 1 aromatic heterocycles. The Bertz CT molecular complexity index is 1300. The molecule has 0 saturated carbocycles. The highest BCUT2D eigenvalue weighted by atomic mass is 32.2. The number of sulfonamides is 1. The van der Waals surface area contributed by atoms with Crippen LogP contribution in [-0.4, -0.2) is 44.2 Å². The van der Waals surface area contributed by atoms with Gasteiger partial charge in [-0.3, -0.25) is 9.59 Å². The van der Waals surface area contributed by atoms with Gasteiger partial charge in [0.2, 0.25) is 5.91 Å². The Labute approximate surface area is 184 Å². The van der Waals surface area contributed by atoms with Crippen LogP contribution in [0.25, 0.3) is 10.8 Å². The van der Waals surface area contributed by atoms with Crippen LogP contribution in [0.4, 0.5) is 11.4 Å². The molecule has 3 aromatic rings. The second kappa shape index (κ2) is 7.44. The van der Waals surface area contributed by atoms with Crippen molar-refractivity contribution in [3.63, 3.8) is 0 Å². The van der Waals surface area contributed by atoms with E-state index in [1.54, 1.807) is 47.7 Å². The van der Waals surface area contributed by atoms with Gasteiger partial charge < -0.3 is 10.2 Å². The Morgan fingerprint density at radius 1 is 1.13 bits per heavy atom. The summed E-state index contributed by atoms with van der Waals surface area (Å²) in [5, 5.41) is 6.23. The number of hydrogen-bond donors (Lipinski definition) is 1. The van der Waals surface area contributed by atoms with Crippen LogP contribution in [0.15, 0.2) is 52.1 Å². The lowest BCUT2D eigenvalue weighted by Gasteiger charge is -2.33. The fourth-order valence-electron chi connectivity index (χ4n) is 4.44. The van der Waals surface area contributed by atoms with Crippen LogP contribution in [0.3, 0.4) is 0 Å². The zero-order valence-corrected chi connectivity index (χ0v) is 18.5. The molecule has 1 unspecified atom stereocenters. The lowest BCUT2D eigenvalue weighted by Crippen LogP contribution is -2.49. The van der Waals surface area contributed by atoms with Crippen LogP contribution in [0.2, 0.25) is 0 Å². The van der Waals surface area contributed by atoms with E-state index in [-0.39, 0.29) is 16.0 Å². The van der Waals surface area contributed by atoms with Crippen LogP contribution in [0.1, 0.15) is 29.6 Å². The lowest BCUT2D eigenvalue weighted by molar-refractivity contribution is -0.120. The number of nitrogens with zero attached hydrogens (tertiary/aromatic N) is 2. The molecule has 2 aliphatic heterocycles. The molecule has 0 bridgehead atoms. The highest BCUT2D eigenvalue weighted by Crippen LogP contribution is 2.40.